The third kappa shape index (κ3) is 2.58. The minimum Gasteiger partial charge on any atom is -0.346 e. The molecular weight excluding hydrogens is 417 g/mol. The van der Waals surface area contributed by atoms with Gasteiger partial charge in [-0.3, -0.25) is 19.8 Å². The van der Waals surface area contributed by atoms with Crippen molar-refractivity contribution >= 4 is 45.4 Å². The van der Waals surface area contributed by atoms with E-state index in [1.165, 1.54) is 21.4 Å². The van der Waals surface area contributed by atoms with Crippen LogP contribution in [-0.2, 0) is 16.9 Å². The summed E-state index contributed by atoms with van der Waals surface area (Å²) in [7, 11) is 1.63. The number of guanidine groups is 1. The highest BCUT2D eigenvalue weighted by molar-refractivity contribution is 14.1. The lowest BCUT2D eigenvalue weighted by Gasteiger charge is -2.39. The Balaban J connectivity index is 1.71. The van der Waals surface area contributed by atoms with Gasteiger partial charge in [-0.25, -0.2) is 0 Å². The average Bonchev–Trinajstić information content (AvgIpc) is 3.29. The van der Waals surface area contributed by atoms with Gasteiger partial charge >= 0.3 is 0 Å². The molecule has 2 fully saturated rings. The van der Waals surface area contributed by atoms with Gasteiger partial charge in [0.25, 0.3) is 0 Å². The summed E-state index contributed by atoms with van der Waals surface area (Å²) in [5.74, 6) is 0.872. The molecule has 1 aliphatic carbocycles. The summed E-state index contributed by atoms with van der Waals surface area (Å²) in [5, 5.41) is 17.1. The van der Waals surface area contributed by atoms with Gasteiger partial charge in [0.2, 0.25) is 5.91 Å². The Morgan fingerprint density at radius 1 is 1.46 bits per heavy atom. The first-order chi connectivity index (χ1) is 11.4. The van der Waals surface area contributed by atoms with Crippen molar-refractivity contribution in [1.82, 2.24) is 20.0 Å². The summed E-state index contributed by atoms with van der Waals surface area (Å²) in [4.78, 5) is 13.5. The van der Waals surface area contributed by atoms with Gasteiger partial charge in [-0.15, -0.1) is 0 Å². The summed E-state index contributed by atoms with van der Waals surface area (Å²) in [6, 6.07) is 6.19. The van der Waals surface area contributed by atoms with Crippen LogP contribution >= 0.6 is 22.6 Å². The molecule has 1 saturated heterocycles. The van der Waals surface area contributed by atoms with Crippen LogP contribution < -0.4 is 5.32 Å². The van der Waals surface area contributed by atoms with Crippen LogP contribution in [0.3, 0.4) is 0 Å². The molecule has 1 aromatic heterocycles. The fraction of sp³-hybridized carbons (Fsp3) is 0.471. The average molecular weight is 437 g/mol. The Morgan fingerprint density at radius 2 is 2.21 bits per heavy atom. The zero-order valence-corrected chi connectivity index (χ0v) is 15.9. The van der Waals surface area contributed by atoms with Crippen molar-refractivity contribution in [2.75, 3.05) is 7.05 Å². The number of amides is 1. The summed E-state index contributed by atoms with van der Waals surface area (Å²) >= 11 is 2.36. The molecule has 7 heteroatoms. The number of nitrogens with one attached hydrogen (secondary N) is 2. The molecule has 4 rings (SSSR count). The highest BCUT2D eigenvalue weighted by atomic mass is 127. The lowest BCUT2D eigenvalue weighted by molar-refractivity contribution is -0.129. The van der Waals surface area contributed by atoms with Crippen molar-refractivity contribution in [2.24, 2.45) is 5.92 Å². The number of halogens is 1. The van der Waals surface area contributed by atoms with E-state index in [9.17, 15) is 4.79 Å². The van der Waals surface area contributed by atoms with E-state index in [0.717, 1.165) is 28.9 Å². The molecule has 0 radical (unpaired) electrons. The predicted molar refractivity (Wildman–Crippen MR) is 101 cm³/mol. The fourth-order valence-electron chi connectivity index (χ4n) is 3.22. The first kappa shape index (κ1) is 15.9. The Labute approximate surface area is 154 Å². The number of rotatable bonds is 3. The predicted octanol–water partition coefficient (Wildman–Crippen LogP) is 2.65. The number of hydrogen-bond donors (Lipinski definition) is 2. The van der Waals surface area contributed by atoms with E-state index < -0.39 is 5.54 Å². The maximum Gasteiger partial charge on any atom is 0.231 e. The van der Waals surface area contributed by atoms with E-state index in [1.54, 1.807) is 7.05 Å². The molecule has 1 aromatic carbocycles. The van der Waals surface area contributed by atoms with Crippen molar-refractivity contribution < 1.29 is 4.79 Å². The maximum atomic E-state index is 12.2. The molecule has 1 saturated carbocycles. The van der Waals surface area contributed by atoms with Crippen molar-refractivity contribution in [1.29, 1.82) is 5.41 Å². The van der Waals surface area contributed by atoms with Crippen molar-refractivity contribution in [2.45, 2.75) is 38.3 Å². The van der Waals surface area contributed by atoms with Gasteiger partial charge in [-0.2, -0.15) is 5.10 Å². The summed E-state index contributed by atoms with van der Waals surface area (Å²) in [5.41, 5.74) is 1.38. The van der Waals surface area contributed by atoms with Gasteiger partial charge in [0.15, 0.2) is 5.96 Å². The van der Waals surface area contributed by atoms with E-state index in [4.69, 9.17) is 10.5 Å². The van der Waals surface area contributed by atoms with Crippen LogP contribution in [0.25, 0.3) is 10.9 Å². The first-order valence-corrected chi connectivity index (χ1v) is 9.25. The quantitative estimate of drug-likeness (QED) is 0.726. The Kier molecular flexibility index (Phi) is 3.59. The van der Waals surface area contributed by atoms with Crippen LogP contribution in [0, 0.1) is 15.0 Å². The minimum absolute atomic E-state index is 0.0461. The molecular formula is C17H20IN5O. The van der Waals surface area contributed by atoms with Crippen molar-refractivity contribution in [3.63, 3.8) is 0 Å². The number of fused-ring (bicyclic) bond motifs is 1. The summed E-state index contributed by atoms with van der Waals surface area (Å²) in [6.45, 7) is 2.96. The summed E-state index contributed by atoms with van der Waals surface area (Å²) in [6.07, 6.45) is 2.94. The SMILES string of the molecule is CN1C(=N)N[C@](C)(c2ccc3c(I)n(CC4CC4)nc3c2)CC1=O. The number of carbonyl (C=O) groups excluding carboxylic acids is 1. The molecule has 1 amide bonds. The molecule has 2 heterocycles. The molecule has 0 spiro atoms. The Bertz CT molecular complexity index is 836. The smallest absolute Gasteiger partial charge is 0.231 e. The molecule has 2 aliphatic rings. The highest BCUT2D eigenvalue weighted by Gasteiger charge is 2.38. The lowest BCUT2D eigenvalue weighted by atomic mass is 9.86. The second-order valence-corrected chi connectivity index (χ2v) is 8.11. The Morgan fingerprint density at radius 3 is 2.88 bits per heavy atom. The lowest BCUT2D eigenvalue weighted by Crippen LogP contribution is -2.58. The monoisotopic (exact) mass is 437 g/mol. The number of nitrogens with zero attached hydrogens (tertiary/aromatic N) is 3. The van der Waals surface area contributed by atoms with E-state index in [0.29, 0.717) is 6.42 Å². The van der Waals surface area contributed by atoms with Crippen molar-refractivity contribution in [3.05, 3.63) is 27.5 Å². The second-order valence-electron chi connectivity index (χ2n) is 7.08. The largest absolute Gasteiger partial charge is 0.346 e. The van der Waals surface area contributed by atoms with Crippen LogP contribution in [0.4, 0.5) is 0 Å². The van der Waals surface area contributed by atoms with Gasteiger partial charge in [-0.1, -0.05) is 6.07 Å². The fourth-order valence-corrected chi connectivity index (χ4v) is 3.98. The molecule has 2 aromatic rings. The van der Waals surface area contributed by atoms with Gasteiger partial charge < -0.3 is 5.32 Å². The third-order valence-electron chi connectivity index (χ3n) is 5.05. The van der Waals surface area contributed by atoms with Gasteiger partial charge in [-0.05, 0) is 66.0 Å². The van der Waals surface area contributed by atoms with E-state index in [1.807, 2.05) is 13.0 Å². The molecule has 0 unspecified atom stereocenters. The minimum atomic E-state index is -0.569. The number of hydrogen-bond acceptors (Lipinski definition) is 3. The normalized spacial score (nSPS) is 24.5. The molecule has 24 heavy (non-hydrogen) atoms. The molecule has 2 N–H and O–H groups in total. The first-order valence-electron chi connectivity index (χ1n) is 8.17. The third-order valence-corrected chi connectivity index (χ3v) is 6.19. The number of aromatic nitrogens is 2. The zero-order valence-electron chi connectivity index (χ0n) is 13.8. The van der Waals surface area contributed by atoms with Crippen LogP contribution in [0.2, 0.25) is 0 Å². The Hall–Kier alpha value is -1.64. The maximum absolute atomic E-state index is 12.2. The second kappa shape index (κ2) is 5.44. The molecule has 1 aliphatic heterocycles. The van der Waals surface area contributed by atoms with E-state index >= 15 is 0 Å². The molecule has 6 nitrogen and oxygen atoms in total. The van der Waals surface area contributed by atoms with Crippen LogP contribution in [0.1, 0.15) is 31.7 Å². The van der Waals surface area contributed by atoms with Gasteiger partial charge in [0, 0.05) is 19.0 Å². The van der Waals surface area contributed by atoms with Gasteiger partial charge in [0.05, 0.1) is 17.5 Å². The van der Waals surface area contributed by atoms with Gasteiger partial charge in [0.1, 0.15) is 3.70 Å². The van der Waals surface area contributed by atoms with Crippen LogP contribution in [0.5, 0.6) is 0 Å². The van der Waals surface area contributed by atoms with Crippen LogP contribution in [0.15, 0.2) is 18.2 Å². The number of benzene rings is 1. The molecule has 126 valence electrons. The highest BCUT2D eigenvalue weighted by Crippen LogP contribution is 2.34. The van der Waals surface area contributed by atoms with E-state index in [-0.39, 0.29) is 11.9 Å². The molecule has 0 bridgehead atoms. The standard InChI is InChI=1S/C17H20IN5O/c1-17(8-14(24)22(2)16(19)20-17)11-5-6-12-13(7-11)21-23(15(12)18)9-10-3-4-10/h5-7,10H,3-4,8-9H2,1-2H3,(H2,19,20)/t17-/m0/s1. The van der Waals surface area contributed by atoms with Crippen molar-refractivity contribution in [3.8, 4) is 0 Å². The number of carbonyl (C=O) groups is 1. The zero-order chi connectivity index (χ0) is 17.1. The summed E-state index contributed by atoms with van der Waals surface area (Å²) < 4.78 is 3.27. The molecule has 1 atom stereocenters. The van der Waals surface area contributed by atoms with Crippen LogP contribution in [-0.4, -0.2) is 33.6 Å². The van der Waals surface area contributed by atoms with E-state index in [2.05, 4.69) is 44.7 Å². The topological polar surface area (TPSA) is 74.0 Å².